The van der Waals surface area contributed by atoms with Crippen LogP contribution in [0.25, 0.3) is 22.8 Å². The third kappa shape index (κ3) is 3.56. The highest BCUT2D eigenvalue weighted by Crippen LogP contribution is 2.47. The average molecular weight is 383 g/mol. The van der Waals surface area contributed by atoms with Gasteiger partial charge in [0.1, 0.15) is 0 Å². The van der Waals surface area contributed by atoms with Gasteiger partial charge in [0.2, 0.25) is 0 Å². The fourth-order valence-corrected chi connectivity index (χ4v) is 4.09. The molecule has 0 heteroatoms. The van der Waals surface area contributed by atoms with E-state index in [9.17, 15) is 0 Å². The number of benzene rings is 4. The first kappa shape index (κ1) is 18.1. The molecule has 4 aromatic rings. The van der Waals surface area contributed by atoms with Gasteiger partial charge in [-0.3, -0.25) is 0 Å². The molecule has 0 saturated heterocycles. The van der Waals surface area contributed by atoms with E-state index in [1.54, 1.807) is 0 Å². The van der Waals surface area contributed by atoms with Crippen LogP contribution in [0.3, 0.4) is 0 Å². The smallest absolute Gasteiger partial charge is 0.00206 e. The average Bonchev–Trinajstić information content (AvgIpc) is 3.20. The Morgan fingerprint density at radius 3 is 1.37 bits per heavy atom. The Morgan fingerprint density at radius 2 is 0.833 bits per heavy atom. The summed E-state index contributed by atoms with van der Waals surface area (Å²) in [4.78, 5) is 0. The van der Waals surface area contributed by atoms with Gasteiger partial charge in [0, 0.05) is 0 Å². The molecule has 0 saturated carbocycles. The molecule has 0 aliphatic heterocycles. The van der Waals surface area contributed by atoms with Crippen LogP contribution in [0.15, 0.2) is 133 Å². The summed E-state index contributed by atoms with van der Waals surface area (Å²) in [6.07, 6.45) is 4.63. The third-order valence-corrected chi connectivity index (χ3v) is 5.44. The molecule has 0 N–H and O–H groups in total. The Kier molecular flexibility index (Phi) is 4.98. The fourth-order valence-electron chi connectivity index (χ4n) is 4.09. The van der Waals surface area contributed by atoms with Gasteiger partial charge in [0.05, 0.1) is 0 Å². The minimum absolute atomic E-state index is 1.21. The summed E-state index contributed by atoms with van der Waals surface area (Å²) in [6, 6.07) is 42.7. The lowest BCUT2D eigenvalue weighted by molar-refractivity contribution is 1.58. The van der Waals surface area contributed by atoms with Gasteiger partial charge in [0.15, 0.2) is 0 Å². The highest BCUT2D eigenvalue weighted by atomic mass is 14.3. The molecule has 4 aromatic carbocycles. The van der Waals surface area contributed by atoms with Gasteiger partial charge < -0.3 is 0 Å². The van der Waals surface area contributed by atoms with Crippen molar-refractivity contribution in [2.75, 3.05) is 0 Å². The summed E-state index contributed by atoms with van der Waals surface area (Å²) >= 11 is 0. The van der Waals surface area contributed by atoms with E-state index in [-0.39, 0.29) is 0 Å². The monoisotopic (exact) mass is 382 g/mol. The Hall–Kier alpha value is -3.90. The molecule has 0 amide bonds. The number of rotatable bonds is 4. The lowest BCUT2D eigenvalue weighted by Crippen LogP contribution is -1.92. The molecule has 0 aromatic heterocycles. The zero-order valence-electron chi connectivity index (χ0n) is 16.7. The van der Waals surface area contributed by atoms with Crippen molar-refractivity contribution in [3.8, 4) is 0 Å². The van der Waals surface area contributed by atoms with Crippen molar-refractivity contribution in [1.82, 2.24) is 0 Å². The summed E-state index contributed by atoms with van der Waals surface area (Å²) in [5.74, 6) is 0. The van der Waals surface area contributed by atoms with Gasteiger partial charge in [-0.15, -0.1) is 0 Å². The Morgan fingerprint density at radius 1 is 0.400 bits per heavy atom. The molecule has 0 bridgehead atoms. The van der Waals surface area contributed by atoms with Crippen molar-refractivity contribution in [1.29, 1.82) is 0 Å². The lowest BCUT2D eigenvalue weighted by Gasteiger charge is -2.14. The normalized spacial score (nSPS) is 14.8. The van der Waals surface area contributed by atoms with Gasteiger partial charge in [-0.2, -0.15) is 0 Å². The minimum atomic E-state index is 1.21. The van der Waals surface area contributed by atoms with Crippen LogP contribution in [0.4, 0.5) is 0 Å². The Balaban J connectivity index is 1.81. The van der Waals surface area contributed by atoms with Gasteiger partial charge >= 0.3 is 0 Å². The maximum absolute atomic E-state index is 2.34. The molecule has 0 heterocycles. The van der Waals surface area contributed by atoms with Crippen LogP contribution in [0.2, 0.25) is 0 Å². The second-order valence-corrected chi connectivity index (χ2v) is 7.42. The van der Waals surface area contributed by atoms with E-state index in [4.69, 9.17) is 0 Å². The molecular weight excluding hydrogens is 360 g/mol. The molecule has 0 radical (unpaired) electrons. The SMILES string of the molecule is C(=C1C=C(c2ccccc2)C(c2ccccc2)=C1c1ccccc1)c1ccccc1. The van der Waals surface area contributed by atoms with Crippen LogP contribution < -0.4 is 0 Å². The molecule has 30 heavy (non-hydrogen) atoms. The summed E-state index contributed by atoms with van der Waals surface area (Å²) in [7, 11) is 0. The van der Waals surface area contributed by atoms with Gasteiger partial charge in [0.25, 0.3) is 0 Å². The van der Waals surface area contributed by atoms with E-state index >= 15 is 0 Å². The first-order valence-electron chi connectivity index (χ1n) is 10.3. The van der Waals surface area contributed by atoms with Crippen LogP contribution >= 0.6 is 0 Å². The van der Waals surface area contributed by atoms with E-state index in [0.29, 0.717) is 0 Å². The highest BCUT2D eigenvalue weighted by Gasteiger charge is 2.25. The van der Waals surface area contributed by atoms with Crippen LogP contribution in [0.5, 0.6) is 0 Å². The summed E-state index contributed by atoms with van der Waals surface area (Å²) in [5, 5.41) is 0. The van der Waals surface area contributed by atoms with Crippen molar-refractivity contribution < 1.29 is 0 Å². The van der Waals surface area contributed by atoms with Crippen molar-refractivity contribution >= 4 is 22.8 Å². The topological polar surface area (TPSA) is 0 Å². The van der Waals surface area contributed by atoms with E-state index in [0.717, 1.165) is 0 Å². The molecule has 1 aliphatic rings. The predicted molar refractivity (Wildman–Crippen MR) is 129 cm³/mol. The summed E-state index contributed by atoms with van der Waals surface area (Å²) < 4.78 is 0. The molecule has 0 fully saturated rings. The van der Waals surface area contributed by atoms with Crippen molar-refractivity contribution in [3.63, 3.8) is 0 Å². The molecule has 0 spiro atoms. The molecule has 1 aliphatic carbocycles. The Labute approximate surface area is 178 Å². The van der Waals surface area contributed by atoms with E-state index in [1.165, 1.54) is 44.5 Å². The number of allylic oxidation sites excluding steroid dienone is 5. The zero-order chi connectivity index (χ0) is 20.2. The van der Waals surface area contributed by atoms with Crippen molar-refractivity contribution in [2.45, 2.75) is 0 Å². The molecule has 0 atom stereocenters. The molecule has 142 valence electrons. The number of hydrogen-bond donors (Lipinski definition) is 0. The molecule has 0 nitrogen and oxygen atoms in total. The maximum Gasteiger partial charge on any atom is -0.00206 e. The fraction of sp³-hybridized carbons (Fsp3) is 0. The quantitative estimate of drug-likeness (QED) is 0.338. The highest BCUT2D eigenvalue weighted by molar-refractivity contribution is 6.24. The second kappa shape index (κ2) is 8.23. The lowest BCUT2D eigenvalue weighted by atomic mass is 9.89. The minimum Gasteiger partial charge on any atom is -0.0622 e. The summed E-state index contributed by atoms with van der Waals surface area (Å²) in [6.45, 7) is 0. The van der Waals surface area contributed by atoms with E-state index < -0.39 is 0 Å². The van der Waals surface area contributed by atoms with E-state index in [1.807, 2.05) is 0 Å². The van der Waals surface area contributed by atoms with Crippen LogP contribution in [-0.2, 0) is 0 Å². The van der Waals surface area contributed by atoms with Crippen LogP contribution in [0, 0.1) is 0 Å². The largest absolute Gasteiger partial charge is 0.0622 e. The molecule has 0 unspecified atom stereocenters. The first-order chi connectivity index (χ1) is 14.9. The standard InChI is InChI=1S/C30H22/c1-5-13-23(14-6-1)21-27-22-28(24-15-7-2-8-16-24)30(26-19-11-4-12-20-26)29(27)25-17-9-3-10-18-25/h1-22H. The van der Waals surface area contributed by atoms with Gasteiger partial charge in [-0.1, -0.05) is 121 Å². The molecule has 5 rings (SSSR count). The van der Waals surface area contributed by atoms with Gasteiger partial charge in [-0.05, 0) is 56.7 Å². The number of hydrogen-bond acceptors (Lipinski definition) is 0. The third-order valence-electron chi connectivity index (χ3n) is 5.44. The summed E-state index contributed by atoms with van der Waals surface area (Å²) in [5.41, 5.74) is 10.00. The van der Waals surface area contributed by atoms with Crippen molar-refractivity contribution in [3.05, 3.63) is 155 Å². The van der Waals surface area contributed by atoms with Gasteiger partial charge in [-0.25, -0.2) is 0 Å². The van der Waals surface area contributed by atoms with Crippen LogP contribution in [-0.4, -0.2) is 0 Å². The first-order valence-corrected chi connectivity index (χ1v) is 10.3. The maximum atomic E-state index is 2.34. The molecular formula is C30H22. The van der Waals surface area contributed by atoms with E-state index in [2.05, 4.69) is 133 Å². The second-order valence-electron chi connectivity index (χ2n) is 7.42. The van der Waals surface area contributed by atoms with Crippen molar-refractivity contribution in [2.24, 2.45) is 0 Å². The Bertz CT molecular complexity index is 1230. The predicted octanol–water partition coefficient (Wildman–Crippen LogP) is 7.78. The van der Waals surface area contributed by atoms with Crippen LogP contribution in [0.1, 0.15) is 22.3 Å². The zero-order valence-corrected chi connectivity index (χ0v) is 16.7.